The normalized spacial score (nSPS) is 12.2. The summed E-state index contributed by atoms with van der Waals surface area (Å²) in [5.41, 5.74) is 2.43. The highest BCUT2D eigenvalue weighted by Crippen LogP contribution is 2.22. The van der Waals surface area contributed by atoms with Gasteiger partial charge in [-0.25, -0.2) is 22.9 Å². The van der Waals surface area contributed by atoms with Crippen LogP contribution in [0.2, 0.25) is 0 Å². The molecule has 0 radical (unpaired) electrons. The second-order valence-electron chi connectivity index (χ2n) is 6.41. The second kappa shape index (κ2) is 7.30. The zero-order valence-electron chi connectivity index (χ0n) is 15.1. The summed E-state index contributed by atoms with van der Waals surface area (Å²) >= 11 is 0. The molecule has 2 aromatic carbocycles. The molecule has 142 valence electrons. The SMILES string of the molecule is Cc1ccc2c(c1)nc(CNC(=O)N[C@@H](C)c1c(F)cc(F)cc1F)n2C. The van der Waals surface area contributed by atoms with Gasteiger partial charge in [0.05, 0.1) is 23.6 Å². The highest BCUT2D eigenvalue weighted by Gasteiger charge is 2.19. The highest BCUT2D eigenvalue weighted by molar-refractivity contribution is 5.77. The van der Waals surface area contributed by atoms with Crippen molar-refractivity contribution in [1.82, 2.24) is 20.2 Å². The lowest BCUT2D eigenvalue weighted by molar-refractivity contribution is 0.236. The lowest BCUT2D eigenvalue weighted by atomic mass is 10.1. The van der Waals surface area contributed by atoms with Crippen LogP contribution in [0.5, 0.6) is 0 Å². The van der Waals surface area contributed by atoms with Crippen molar-refractivity contribution in [3.63, 3.8) is 0 Å². The zero-order valence-corrected chi connectivity index (χ0v) is 15.1. The first kappa shape index (κ1) is 18.8. The van der Waals surface area contributed by atoms with Gasteiger partial charge in [-0.2, -0.15) is 0 Å². The fraction of sp³-hybridized carbons (Fsp3) is 0.263. The van der Waals surface area contributed by atoms with Crippen LogP contribution < -0.4 is 10.6 Å². The Hall–Kier alpha value is -3.03. The number of hydrogen-bond donors (Lipinski definition) is 2. The van der Waals surface area contributed by atoms with Crippen LogP contribution in [-0.4, -0.2) is 15.6 Å². The summed E-state index contributed by atoms with van der Waals surface area (Å²) in [5, 5.41) is 5.05. The van der Waals surface area contributed by atoms with Crippen LogP contribution in [0.1, 0.15) is 29.9 Å². The number of aromatic nitrogens is 2. The van der Waals surface area contributed by atoms with Crippen molar-refractivity contribution in [3.8, 4) is 0 Å². The number of halogens is 3. The summed E-state index contributed by atoms with van der Waals surface area (Å²) in [7, 11) is 1.84. The number of hydrogen-bond acceptors (Lipinski definition) is 2. The molecule has 0 fully saturated rings. The van der Waals surface area contributed by atoms with Gasteiger partial charge >= 0.3 is 6.03 Å². The van der Waals surface area contributed by atoms with Crippen molar-refractivity contribution in [1.29, 1.82) is 0 Å². The molecule has 0 aliphatic carbocycles. The molecular formula is C19H19F3N4O. The lowest BCUT2D eigenvalue weighted by Gasteiger charge is -2.16. The van der Waals surface area contributed by atoms with Gasteiger partial charge in [-0.15, -0.1) is 0 Å². The fourth-order valence-corrected chi connectivity index (χ4v) is 2.96. The van der Waals surface area contributed by atoms with E-state index in [0.29, 0.717) is 18.0 Å². The smallest absolute Gasteiger partial charge is 0.315 e. The number of carbonyl (C=O) groups excluding carboxylic acids is 1. The quantitative estimate of drug-likeness (QED) is 0.726. The van der Waals surface area contributed by atoms with Crippen molar-refractivity contribution in [2.75, 3.05) is 0 Å². The van der Waals surface area contributed by atoms with E-state index in [1.807, 2.05) is 36.7 Å². The molecule has 0 aliphatic heterocycles. The second-order valence-corrected chi connectivity index (χ2v) is 6.41. The monoisotopic (exact) mass is 376 g/mol. The topological polar surface area (TPSA) is 59.0 Å². The molecular weight excluding hydrogens is 357 g/mol. The maximum absolute atomic E-state index is 13.8. The predicted molar refractivity (Wildman–Crippen MR) is 95.6 cm³/mol. The Morgan fingerprint density at radius 3 is 2.52 bits per heavy atom. The molecule has 0 aliphatic rings. The van der Waals surface area contributed by atoms with Crippen LogP contribution in [0.4, 0.5) is 18.0 Å². The molecule has 27 heavy (non-hydrogen) atoms. The van der Waals surface area contributed by atoms with Crippen molar-refractivity contribution < 1.29 is 18.0 Å². The number of nitrogens with one attached hydrogen (secondary N) is 2. The number of rotatable bonds is 4. The Kier molecular flexibility index (Phi) is 5.07. The molecule has 1 heterocycles. The number of benzene rings is 2. The largest absolute Gasteiger partial charge is 0.331 e. The Morgan fingerprint density at radius 2 is 1.85 bits per heavy atom. The number of imidazole rings is 1. The molecule has 1 atom stereocenters. The predicted octanol–water partition coefficient (Wildman–Crippen LogP) is 3.86. The number of nitrogens with zero attached hydrogens (tertiary/aromatic N) is 2. The minimum absolute atomic E-state index is 0.136. The van der Waals surface area contributed by atoms with Gasteiger partial charge in [-0.1, -0.05) is 6.07 Å². The van der Waals surface area contributed by atoms with Gasteiger partial charge < -0.3 is 15.2 Å². The number of carbonyl (C=O) groups is 1. The van der Waals surface area contributed by atoms with Gasteiger partial charge in [-0.3, -0.25) is 0 Å². The molecule has 8 heteroatoms. The third-order valence-electron chi connectivity index (χ3n) is 4.36. The first-order valence-electron chi connectivity index (χ1n) is 8.37. The minimum Gasteiger partial charge on any atom is -0.331 e. The van der Waals surface area contributed by atoms with E-state index < -0.39 is 35.1 Å². The third kappa shape index (κ3) is 3.89. The van der Waals surface area contributed by atoms with Gasteiger partial charge in [0.2, 0.25) is 0 Å². The maximum Gasteiger partial charge on any atom is 0.315 e. The first-order chi connectivity index (χ1) is 12.8. The van der Waals surface area contributed by atoms with Crippen LogP contribution in [0, 0.1) is 24.4 Å². The van der Waals surface area contributed by atoms with E-state index in [2.05, 4.69) is 15.6 Å². The van der Waals surface area contributed by atoms with Gasteiger partial charge in [0.15, 0.2) is 0 Å². The number of amides is 2. The van der Waals surface area contributed by atoms with E-state index in [0.717, 1.165) is 16.6 Å². The number of urea groups is 1. The molecule has 0 saturated carbocycles. The summed E-state index contributed by atoms with van der Waals surface area (Å²) < 4.78 is 42.5. The van der Waals surface area contributed by atoms with Crippen molar-refractivity contribution >= 4 is 17.1 Å². The summed E-state index contributed by atoms with van der Waals surface area (Å²) in [6, 6.07) is 5.43. The average Bonchev–Trinajstić information content (AvgIpc) is 2.87. The molecule has 0 spiro atoms. The first-order valence-corrected chi connectivity index (χ1v) is 8.37. The Bertz CT molecular complexity index is 993. The van der Waals surface area contributed by atoms with E-state index in [1.165, 1.54) is 6.92 Å². The Balaban J connectivity index is 1.67. The maximum atomic E-state index is 13.8. The van der Waals surface area contributed by atoms with E-state index in [1.54, 1.807) is 0 Å². The van der Waals surface area contributed by atoms with E-state index in [4.69, 9.17) is 0 Å². The molecule has 3 rings (SSSR count). The summed E-state index contributed by atoms with van der Waals surface area (Å²) in [4.78, 5) is 16.6. The Morgan fingerprint density at radius 1 is 1.19 bits per heavy atom. The summed E-state index contributed by atoms with van der Waals surface area (Å²) in [6.45, 7) is 3.52. The minimum atomic E-state index is -1.05. The standard InChI is InChI=1S/C19H19F3N4O/c1-10-4-5-16-15(6-10)25-17(26(16)3)9-23-19(27)24-11(2)18-13(21)7-12(20)8-14(18)22/h4-8,11H,9H2,1-3H3,(H2,23,24,27)/t11-/m0/s1. The summed E-state index contributed by atoms with van der Waals surface area (Å²) in [5.74, 6) is -2.47. The average molecular weight is 376 g/mol. The van der Waals surface area contributed by atoms with Crippen LogP contribution in [-0.2, 0) is 13.6 Å². The molecule has 2 N–H and O–H groups in total. The molecule has 1 aromatic heterocycles. The molecule has 0 unspecified atom stereocenters. The van der Waals surface area contributed by atoms with Crippen molar-refractivity contribution in [2.45, 2.75) is 26.4 Å². The van der Waals surface area contributed by atoms with Crippen LogP contribution in [0.25, 0.3) is 11.0 Å². The lowest BCUT2D eigenvalue weighted by Crippen LogP contribution is -2.37. The van der Waals surface area contributed by atoms with Gasteiger partial charge in [0, 0.05) is 24.7 Å². The van der Waals surface area contributed by atoms with E-state index in [-0.39, 0.29) is 6.54 Å². The molecule has 0 saturated heterocycles. The molecule has 3 aromatic rings. The fourth-order valence-electron chi connectivity index (χ4n) is 2.96. The van der Waals surface area contributed by atoms with Crippen molar-refractivity contribution in [3.05, 3.63) is 64.7 Å². The number of fused-ring (bicyclic) bond motifs is 1. The third-order valence-corrected chi connectivity index (χ3v) is 4.36. The molecule has 5 nitrogen and oxygen atoms in total. The van der Waals surface area contributed by atoms with Crippen LogP contribution in [0.15, 0.2) is 30.3 Å². The Labute approximate surface area is 154 Å². The van der Waals surface area contributed by atoms with Crippen molar-refractivity contribution in [2.24, 2.45) is 7.05 Å². The van der Waals surface area contributed by atoms with Gasteiger partial charge in [0.25, 0.3) is 0 Å². The van der Waals surface area contributed by atoms with E-state index in [9.17, 15) is 18.0 Å². The van der Waals surface area contributed by atoms with E-state index >= 15 is 0 Å². The van der Waals surface area contributed by atoms with Crippen LogP contribution in [0.3, 0.4) is 0 Å². The van der Waals surface area contributed by atoms with Gasteiger partial charge in [0.1, 0.15) is 23.3 Å². The number of aryl methyl sites for hydroxylation is 2. The van der Waals surface area contributed by atoms with Crippen LogP contribution >= 0.6 is 0 Å². The molecule has 0 bridgehead atoms. The highest BCUT2D eigenvalue weighted by atomic mass is 19.1. The van der Waals surface area contributed by atoms with Gasteiger partial charge in [-0.05, 0) is 31.5 Å². The molecule has 2 amide bonds. The zero-order chi connectivity index (χ0) is 19.7. The summed E-state index contributed by atoms with van der Waals surface area (Å²) in [6.07, 6.45) is 0.